The lowest BCUT2D eigenvalue weighted by Gasteiger charge is -2.19. The third kappa shape index (κ3) is 5.85. The number of pyridine rings is 1. The Morgan fingerprint density at radius 2 is 1.77 bits per heavy atom. The molecule has 0 aliphatic heterocycles. The Hall–Kier alpha value is -3.33. The molecule has 0 aliphatic carbocycles. The fourth-order valence-corrected chi connectivity index (χ4v) is 3.14. The molecule has 166 valence electrons. The Morgan fingerprint density at radius 1 is 1.13 bits per heavy atom. The van der Waals surface area contributed by atoms with E-state index in [1.165, 1.54) is 18.2 Å². The predicted molar refractivity (Wildman–Crippen MR) is 113 cm³/mol. The number of nitrogens with zero attached hydrogens (tertiary/aromatic N) is 2. The number of aromatic nitrogens is 1. The normalized spacial score (nSPS) is 10.8. The van der Waals surface area contributed by atoms with Crippen molar-refractivity contribution in [2.75, 3.05) is 13.2 Å². The summed E-state index contributed by atoms with van der Waals surface area (Å²) in [6.45, 7) is 6.66. The molecule has 1 heterocycles. The van der Waals surface area contributed by atoms with Crippen molar-refractivity contribution in [2.24, 2.45) is 0 Å². The highest BCUT2D eigenvalue weighted by Gasteiger charge is 2.29. The van der Waals surface area contributed by atoms with E-state index < -0.39 is 23.0 Å². The summed E-state index contributed by atoms with van der Waals surface area (Å²) < 4.78 is 10.7. The molecule has 0 fully saturated rings. The monoisotopic (exact) mass is 430 g/mol. The summed E-state index contributed by atoms with van der Waals surface area (Å²) in [5.41, 5.74) is 1.07. The lowest BCUT2D eigenvalue weighted by molar-refractivity contribution is -0.384. The van der Waals surface area contributed by atoms with Gasteiger partial charge in [0.15, 0.2) is 0 Å². The van der Waals surface area contributed by atoms with Gasteiger partial charge in [-0.2, -0.15) is 0 Å². The van der Waals surface area contributed by atoms with Crippen LogP contribution in [-0.4, -0.2) is 46.3 Å². The number of ether oxygens (including phenoxy) is 2. The lowest BCUT2D eigenvalue weighted by atomic mass is 9.92. The van der Waals surface area contributed by atoms with Gasteiger partial charge in [-0.05, 0) is 46.1 Å². The number of rotatable bonds is 9. The molecular weight excluding hydrogens is 404 g/mol. The van der Waals surface area contributed by atoms with Crippen LogP contribution in [-0.2, 0) is 9.47 Å². The zero-order valence-electron chi connectivity index (χ0n) is 18.0. The first-order chi connectivity index (χ1) is 14.7. The summed E-state index contributed by atoms with van der Waals surface area (Å²) in [6.07, 6.45) is 0.525. The molecule has 0 saturated heterocycles. The number of nitro groups is 1. The highest BCUT2D eigenvalue weighted by atomic mass is 16.6. The maximum absolute atomic E-state index is 12.9. The number of esters is 2. The second kappa shape index (κ2) is 10.6. The van der Waals surface area contributed by atoms with Gasteiger partial charge in [-0.25, -0.2) is 9.59 Å². The Kier molecular flexibility index (Phi) is 8.21. The van der Waals surface area contributed by atoms with Gasteiger partial charge in [0.2, 0.25) is 0 Å². The van der Waals surface area contributed by atoms with Crippen molar-refractivity contribution >= 4 is 17.6 Å². The van der Waals surface area contributed by atoms with Crippen LogP contribution < -0.4 is 0 Å². The number of carbonyl (C=O) groups is 2. The minimum absolute atomic E-state index is 0.0210. The number of unbranched alkanes of at least 4 members (excludes halogenated alkanes) is 1. The quantitative estimate of drug-likeness (QED) is 0.275. The van der Waals surface area contributed by atoms with Gasteiger partial charge in [-0.15, -0.1) is 0 Å². The van der Waals surface area contributed by atoms with E-state index in [9.17, 15) is 19.7 Å². The van der Waals surface area contributed by atoms with Crippen LogP contribution in [0.5, 0.6) is 0 Å². The Labute approximate surface area is 180 Å². The SMILES string of the molecule is Cc1nc(C)c(C(=O)OC(C)C)c(-c2cccc([N+](=O)[O-])c2)c1C(=O)OCCCCO. The number of hydrogen-bond donors (Lipinski definition) is 1. The Balaban J connectivity index is 2.71. The van der Waals surface area contributed by atoms with Crippen molar-refractivity contribution in [3.8, 4) is 11.1 Å². The summed E-state index contributed by atoms with van der Waals surface area (Å²) in [7, 11) is 0. The number of aryl methyl sites for hydroxylation is 2. The van der Waals surface area contributed by atoms with E-state index in [2.05, 4.69) is 4.98 Å². The molecule has 0 bridgehead atoms. The maximum atomic E-state index is 12.9. The van der Waals surface area contributed by atoms with Gasteiger partial charge in [0, 0.05) is 24.3 Å². The molecule has 9 nitrogen and oxygen atoms in total. The Bertz CT molecular complexity index is 986. The van der Waals surface area contributed by atoms with Gasteiger partial charge in [0.05, 0.1) is 40.1 Å². The summed E-state index contributed by atoms with van der Waals surface area (Å²) in [5.74, 6) is -1.39. The zero-order chi connectivity index (χ0) is 23.1. The van der Waals surface area contributed by atoms with Gasteiger partial charge >= 0.3 is 11.9 Å². The van der Waals surface area contributed by atoms with Crippen molar-refractivity contribution in [2.45, 2.75) is 46.6 Å². The van der Waals surface area contributed by atoms with Crippen LogP contribution in [0.1, 0.15) is 58.8 Å². The second-order valence-corrected chi connectivity index (χ2v) is 7.24. The summed E-state index contributed by atoms with van der Waals surface area (Å²) in [4.78, 5) is 40.9. The molecule has 1 aromatic carbocycles. The molecule has 0 saturated carbocycles. The van der Waals surface area contributed by atoms with Crippen LogP contribution in [0, 0.1) is 24.0 Å². The van der Waals surface area contributed by atoms with E-state index in [-0.39, 0.29) is 35.6 Å². The first kappa shape index (κ1) is 23.9. The number of benzene rings is 1. The highest BCUT2D eigenvalue weighted by Crippen LogP contribution is 2.34. The van der Waals surface area contributed by atoms with Gasteiger partial charge < -0.3 is 14.6 Å². The van der Waals surface area contributed by atoms with Gasteiger partial charge in [0.25, 0.3) is 5.69 Å². The number of aliphatic hydroxyl groups excluding tert-OH is 1. The van der Waals surface area contributed by atoms with E-state index in [0.717, 1.165) is 0 Å². The van der Waals surface area contributed by atoms with Crippen molar-refractivity contribution in [1.29, 1.82) is 0 Å². The molecule has 1 aromatic heterocycles. The smallest absolute Gasteiger partial charge is 0.340 e. The van der Waals surface area contributed by atoms with Crippen LogP contribution >= 0.6 is 0 Å². The van der Waals surface area contributed by atoms with Crippen LogP contribution in [0.25, 0.3) is 11.1 Å². The van der Waals surface area contributed by atoms with Gasteiger partial charge in [-0.3, -0.25) is 15.1 Å². The molecule has 0 amide bonds. The molecule has 0 spiro atoms. The Morgan fingerprint density at radius 3 is 2.35 bits per heavy atom. The minimum atomic E-state index is -0.706. The summed E-state index contributed by atoms with van der Waals surface area (Å²) >= 11 is 0. The van der Waals surface area contributed by atoms with Crippen molar-refractivity contribution in [3.05, 3.63) is 56.9 Å². The largest absolute Gasteiger partial charge is 0.462 e. The second-order valence-electron chi connectivity index (χ2n) is 7.24. The number of non-ortho nitro benzene ring substituents is 1. The van der Waals surface area contributed by atoms with E-state index in [1.807, 2.05) is 0 Å². The fourth-order valence-electron chi connectivity index (χ4n) is 3.14. The molecule has 0 aliphatic rings. The zero-order valence-corrected chi connectivity index (χ0v) is 18.0. The first-order valence-corrected chi connectivity index (χ1v) is 9.92. The standard InChI is InChI=1S/C22H26N2O7/c1-13(2)31-22(27)19-15(4)23-14(3)18(21(26)30-11-6-5-10-25)20(19)16-8-7-9-17(12-16)24(28)29/h7-9,12-13,25H,5-6,10-11H2,1-4H3. The van der Waals surface area contributed by atoms with Crippen LogP contribution in [0.3, 0.4) is 0 Å². The molecule has 2 rings (SSSR count). The van der Waals surface area contributed by atoms with Crippen molar-refractivity contribution in [1.82, 2.24) is 4.98 Å². The average molecular weight is 430 g/mol. The third-order valence-corrected chi connectivity index (χ3v) is 4.44. The van der Waals surface area contributed by atoms with Crippen LogP contribution in [0.4, 0.5) is 5.69 Å². The molecule has 31 heavy (non-hydrogen) atoms. The maximum Gasteiger partial charge on any atom is 0.340 e. The molecular formula is C22H26N2O7. The fraction of sp³-hybridized carbons (Fsp3) is 0.409. The van der Waals surface area contributed by atoms with E-state index >= 15 is 0 Å². The van der Waals surface area contributed by atoms with E-state index in [4.69, 9.17) is 14.6 Å². The van der Waals surface area contributed by atoms with Gasteiger partial charge in [-0.1, -0.05) is 12.1 Å². The van der Waals surface area contributed by atoms with Gasteiger partial charge in [0.1, 0.15) is 0 Å². The number of aliphatic hydroxyl groups is 1. The molecule has 0 atom stereocenters. The van der Waals surface area contributed by atoms with Crippen molar-refractivity contribution in [3.63, 3.8) is 0 Å². The number of carbonyl (C=O) groups excluding carboxylic acids is 2. The highest BCUT2D eigenvalue weighted by molar-refractivity contribution is 6.07. The first-order valence-electron chi connectivity index (χ1n) is 9.92. The topological polar surface area (TPSA) is 129 Å². The molecule has 9 heteroatoms. The van der Waals surface area contributed by atoms with E-state index in [0.29, 0.717) is 29.8 Å². The molecule has 0 unspecified atom stereocenters. The van der Waals surface area contributed by atoms with Crippen LogP contribution in [0.15, 0.2) is 24.3 Å². The summed E-state index contributed by atoms with van der Waals surface area (Å²) in [6, 6.07) is 5.68. The van der Waals surface area contributed by atoms with Crippen LogP contribution in [0.2, 0.25) is 0 Å². The summed E-state index contributed by atoms with van der Waals surface area (Å²) in [5, 5.41) is 20.2. The van der Waals surface area contributed by atoms with E-state index in [1.54, 1.807) is 33.8 Å². The predicted octanol–water partition coefficient (Wildman–Crippen LogP) is 3.77. The number of hydrogen-bond acceptors (Lipinski definition) is 8. The molecule has 1 N–H and O–H groups in total. The van der Waals surface area contributed by atoms with Crippen molar-refractivity contribution < 1.29 is 29.1 Å². The molecule has 0 radical (unpaired) electrons. The minimum Gasteiger partial charge on any atom is -0.462 e. The number of nitro benzene ring substituents is 1. The lowest BCUT2D eigenvalue weighted by Crippen LogP contribution is -2.19. The third-order valence-electron chi connectivity index (χ3n) is 4.44. The molecule has 2 aromatic rings. The average Bonchev–Trinajstić information content (AvgIpc) is 2.69.